The molecule has 2 aromatic carbocycles. The van der Waals surface area contributed by atoms with E-state index in [0.29, 0.717) is 25.9 Å². The van der Waals surface area contributed by atoms with Crippen molar-refractivity contribution in [2.45, 2.75) is 32.1 Å². The quantitative estimate of drug-likeness (QED) is 0.605. The molecule has 0 saturated carbocycles. The molecule has 1 saturated heterocycles. The first-order valence-corrected chi connectivity index (χ1v) is 10.0. The lowest BCUT2D eigenvalue weighted by Crippen LogP contribution is -2.33. The number of unbranched alkanes of at least 4 members (excludes halogenated alkanes) is 1. The monoisotopic (exact) mass is 392 g/mol. The van der Waals surface area contributed by atoms with Gasteiger partial charge in [-0.1, -0.05) is 30.3 Å². The molecule has 1 aliphatic heterocycles. The van der Waals surface area contributed by atoms with E-state index >= 15 is 0 Å². The largest absolute Gasteiger partial charge is 0.481 e. The smallest absolute Gasteiger partial charge is 0.303 e. The van der Waals surface area contributed by atoms with Crippen LogP contribution in [0.2, 0.25) is 0 Å². The summed E-state index contributed by atoms with van der Waals surface area (Å²) in [5.74, 6) is -1.37. The molecule has 1 unspecified atom stereocenters. The minimum absolute atomic E-state index is 0.0357. The number of amides is 2. The molecule has 1 fully saturated rings. The van der Waals surface area contributed by atoms with Crippen molar-refractivity contribution in [2.24, 2.45) is 5.92 Å². The van der Waals surface area contributed by atoms with E-state index in [0.717, 1.165) is 12.1 Å². The van der Waals surface area contributed by atoms with Crippen LogP contribution >= 0.6 is 0 Å². The van der Waals surface area contributed by atoms with E-state index in [1.807, 2.05) is 18.2 Å². The topological polar surface area (TPSA) is 86.7 Å². The van der Waals surface area contributed by atoms with Gasteiger partial charge in [-0.05, 0) is 53.6 Å². The molecule has 29 heavy (non-hydrogen) atoms. The molecule has 4 rings (SSSR count). The number of carbonyl (C=O) groups excluding carboxylic acids is 2. The Balaban J connectivity index is 1.37. The van der Waals surface area contributed by atoms with E-state index in [9.17, 15) is 14.4 Å². The first-order chi connectivity index (χ1) is 14.0. The summed E-state index contributed by atoms with van der Waals surface area (Å²) in [5, 5.41) is 11.5. The van der Waals surface area contributed by atoms with Crippen molar-refractivity contribution in [1.82, 2.24) is 5.32 Å². The number of nitrogens with one attached hydrogen (secondary N) is 1. The summed E-state index contributed by atoms with van der Waals surface area (Å²) >= 11 is 0. The number of anilines is 1. The highest BCUT2D eigenvalue weighted by Crippen LogP contribution is 2.39. The van der Waals surface area contributed by atoms with Gasteiger partial charge in [-0.3, -0.25) is 14.4 Å². The van der Waals surface area contributed by atoms with E-state index in [4.69, 9.17) is 5.11 Å². The Morgan fingerprint density at radius 1 is 1.07 bits per heavy atom. The molecular weight excluding hydrogens is 368 g/mol. The molecule has 1 aliphatic carbocycles. The molecular formula is C23H24N2O4. The van der Waals surface area contributed by atoms with Gasteiger partial charge in [0.05, 0.1) is 5.92 Å². The molecule has 1 atom stereocenters. The number of carbonyl (C=O) groups is 3. The zero-order valence-electron chi connectivity index (χ0n) is 16.2. The van der Waals surface area contributed by atoms with E-state index in [1.165, 1.54) is 22.3 Å². The van der Waals surface area contributed by atoms with Crippen LogP contribution in [-0.4, -0.2) is 36.0 Å². The third kappa shape index (κ3) is 4.01. The maximum absolute atomic E-state index is 12.5. The predicted molar refractivity (Wildman–Crippen MR) is 110 cm³/mol. The van der Waals surface area contributed by atoms with Crippen LogP contribution in [0.4, 0.5) is 5.69 Å². The van der Waals surface area contributed by atoms with Gasteiger partial charge in [0.25, 0.3) is 0 Å². The zero-order valence-corrected chi connectivity index (χ0v) is 16.2. The van der Waals surface area contributed by atoms with Gasteiger partial charge in [0.2, 0.25) is 11.8 Å². The van der Waals surface area contributed by atoms with Crippen LogP contribution in [0.1, 0.15) is 36.8 Å². The van der Waals surface area contributed by atoms with Crippen molar-refractivity contribution in [3.8, 4) is 11.1 Å². The maximum atomic E-state index is 12.5. The number of hydrogen-bond acceptors (Lipinski definition) is 3. The first-order valence-electron chi connectivity index (χ1n) is 10.0. The van der Waals surface area contributed by atoms with Crippen LogP contribution < -0.4 is 10.2 Å². The van der Waals surface area contributed by atoms with Gasteiger partial charge in [0.15, 0.2) is 0 Å². The lowest BCUT2D eigenvalue weighted by Gasteiger charge is -2.18. The van der Waals surface area contributed by atoms with E-state index in [-0.39, 0.29) is 30.6 Å². The number of benzene rings is 2. The SMILES string of the molecule is O=C(O)CCCCNC(=O)C1CC(=O)N(c2ccc3c(c2)Cc2ccccc2-3)C1. The molecule has 2 aromatic rings. The molecule has 6 nitrogen and oxygen atoms in total. The number of nitrogens with zero attached hydrogens (tertiary/aromatic N) is 1. The number of carboxylic acid groups (broad SMARTS) is 1. The highest BCUT2D eigenvalue weighted by atomic mass is 16.4. The average Bonchev–Trinajstić information content (AvgIpc) is 3.27. The van der Waals surface area contributed by atoms with Crippen LogP contribution in [0.25, 0.3) is 11.1 Å². The first kappa shape index (κ1) is 19.2. The van der Waals surface area contributed by atoms with Crippen LogP contribution in [0, 0.1) is 5.92 Å². The standard InChI is InChI=1S/C23H24N2O4/c26-21-13-17(23(29)24-10-4-3-7-22(27)28)14-25(21)18-8-9-20-16(12-18)11-15-5-1-2-6-19(15)20/h1-2,5-6,8-9,12,17H,3-4,7,10-11,13-14H2,(H,24,29)(H,27,28). The number of carboxylic acids is 1. The van der Waals surface area contributed by atoms with Crippen molar-refractivity contribution in [2.75, 3.05) is 18.0 Å². The second-order valence-corrected chi connectivity index (χ2v) is 7.72. The number of fused-ring (bicyclic) bond motifs is 3. The Kier molecular flexibility index (Phi) is 5.34. The van der Waals surface area contributed by atoms with Crippen molar-refractivity contribution in [3.63, 3.8) is 0 Å². The van der Waals surface area contributed by atoms with Gasteiger partial charge in [-0.2, -0.15) is 0 Å². The summed E-state index contributed by atoms with van der Waals surface area (Å²) < 4.78 is 0. The molecule has 2 amide bonds. The fourth-order valence-electron chi connectivity index (χ4n) is 4.19. The van der Waals surface area contributed by atoms with Crippen molar-refractivity contribution < 1.29 is 19.5 Å². The molecule has 2 N–H and O–H groups in total. The Morgan fingerprint density at radius 2 is 1.86 bits per heavy atom. The summed E-state index contributed by atoms with van der Waals surface area (Å²) in [7, 11) is 0. The van der Waals surface area contributed by atoms with Gasteiger partial charge in [0, 0.05) is 31.6 Å². The third-order valence-electron chi connectivity index (χ3n) is 5.70. The van der Waals surface area contributed by atoms with Crippen LogP contribution in [-0.2, 0) is 20.8 Å². The molecule has 6 heteroatoms. The molecule has 150 valence electrons. The number of rotatable bonds is 7. The molecule has 0 bridgehead atoms. The summed E-state index contributed by atoms with van der Waals surface area (Å²) in [4.78, 5) is 37.2. The zero-order chi connectivity index (χ0) is 20.4. The fourth-order valence-corrected chi connectivity index (χ4v) is 4.19. The minimum atomic E-state index is -0.828. The van der Waals surface area contributed by atoms with Gasteiger partial charge < -0.3 is 15.3 Å². The Bertz CT molecular complexity index is 969. The van der Waals surface area contributed by atoms with Crippen molar-refractivity contribution in [1.29, 1.82) is 0 Å². The second-order valence-electron chi connectivity index (χ2n) is 7.72. The molecule has 2 aliphatic rings. The van der Waals surface area contributed by atoms with Gasteiger partial charge in [0.1, 0.15) is 0 Å². The van der Waals surface area contributed by atoms with Gasteiger partial charge in [-0.25, -0.2) is 0 Å². The predicted octanol–water partition coefficient (Wildman–Crippen LogP) is 2.98. The van der Waals surface area contributed by atoms with Crippen LogP contribution in [0.15, 0.2) is 42.5 Å². The maximum Gasteiger partial charge on any atom is 0.303 e. The average molecular weight is 392 g/mol. The summed E-state index contributed by atoms with van der Waals surface area (Å²) in [5.41, 5.74) is 5.82. The highest BCUT2D eigenvalue weighted by Gasteiger charge is 2.35. The summed E-state index contributed by atoms with van der Waals surface area (Å²) in [6.45, 7) is 0.819. The van der Waals surface area contributed by atoms with Crippen LogP contribution in [0.5, 0.6) is 0 Å². The van der Waals surface area contributed by atoms with Crippen molar-refractivity contribution >= 4 is 23.5 Å². The second kappa shape index (κ2) is 8.07. The Morgan fingerprint density at radius 3 is 2.69 bits per heavy atom. The van der Waals surface area contributed by atoms with Crippen molar-refractivity contribution in [3.05, 3.63) is 53.6 Å². The highest BCUT2D eigenvalue weighted by molar-refractivity contribution is 6.00. The van der Waals surface area contributed by atoms with E-state index in [2.05, 4.69) is 29.6 Å². The summed E-state index contributed by atoms with van der Waals surface area (Å²) in [6.07, 6.45) is 2.32. The Labute approximate surface area is 169 Å². The van der Waals surface area contributed by atoms with Gasteiger partial charge >= 0.3 is 5.97 Å². The van der Waals surface area contributed by atoms with Crippen LogP contribution in [0.3, 0.4) is 0 Å². The van der Waals surface area contributed by atoms with E-state index < -0.39 is 5.97 Å². The molecule has 1 heterocycles. The lowest BCUT2D eigenvalue weighted by molar-refractivity contribution is -0.137. The summed E-state index contributed by atoms with van der Waals surface area (Å²) in [6, 6.07) is 14.4. The van der Waals surface area contributed by atoms with Gasteiger partial charge in [-0.15, -0.1) is 0 Å². The number of hydrogen-bond donors (Lipinski definition) is 2. The third-order valence-corrected chi connectivity index (χ3v) is 5.70. The minimum Gasteiger partial charge on any atom is -0.481 e. The molecule has 0 radical (unpaired) electrons. The Hall–Kier alpha value is -3.15. The molecule has 0 spiro atoms. The fraction of sp³-hybridized carbons (Fsp3) is 0.348. The molecule has 0 aromatic heterocycles. The lowest BCUT2D eigenvalue weighted by atomic mass is 10.1. The number of aliphatic carboxylic acids is 1. The normalized spacial score (nSPS) is 17.2. The van der Waals surface area contributed by atoms with E-state index in [1.54, 1.807) is 4.90 Å².